The first-order chi connectivity index (χ1) is 15.1. The van der Waals surface area contributed by atoms with E-state index in [1.54, 1.807) is 6.20 Å². The minimum atomic E-state index is -0.511. The molecule has 2 aliphatic rings. The van der Waals surface area contributed by atoms with Gasteiger partial charge in [0.05, 0.1) is 5.60 Å². The van der Waals surface area contributed by atoms with Crippen molar-refractivity contribution in [2.45, 2.75) is 38.2 Å². The lowest BCUT2D eigenvalue weighted by Crippen LogP contribution is -2.43. The Labute approximate surface area is 183 Å². The number of fused-ring (bicyclic) bond motifs is 1. The van der Waals surface area contributed by atoms with Gasteiger partial charge in [0.25, 0.3) is 0 Å². The number of aromatic nitrogens is 3. The van der Waals surface area contributed by atoms with Gasteiger partial charge in [0, 0.05) is 31.9 Å². The van der Waals surface area contributed by atoms with E-state index in [0.717, 1.165) is 62.6 Å². The average Bonchev–Trinajstić information content (AvgIpc) is 2.99. The highest BCUT2D eigenvalue weighted by atomic mass is 16.3. The van der Waals surface area contributed by atoms with Crippen LogP contribution in [0.25, 0.3) is 11.5 Å². The van der Waals surface area contributed by atoms with Crippen molar-refractivity contribution < 1.29 is 5.11 Å². The predicted octanol–water partition coefficient (Wildman–Crippen LogP) is 3.72. The third-order valence-corrected chi connectivity index (χ3v) is 6.38. The molecule has 1 saturated carbocycles. The molecule has 3 aromatic rings. The van der Waals surface area contributed by atoms with Crippen LogP contribution in [0.4, 0.5) is 11.6 Å². The second-order valence-corrected chi connectivity index (χ2v) is 9.06. The van der Waals surface area contributed by atoms with Gasteiger partial charge in [0.1, 0.15) is 17.3 Å². The van der Waals surface area contributed by atoms with Gasteiger partial charge in [-0.1, -0.05) is 30.3 Å². The van der Waals surface area contributed by atoms with Crippen molar-refractivity contribution in [3.8, 4) is 11.5 Å². The molecule has 1 aliphatic heterocycles. The second-order valence-electron chi connectivity index (χ2n) is 9.06. The fourth-order valence-electron chi connectivity index (χ4n) is 4.77. The second kappa shape index (κ2) is 8.27. The molecule has 0 saturated heterocycles. The molecule has 5 rings (SSSR count). The summed E-state index contributed by atoms with van der Waals surface area (Å²) in [6.45, 7) is 4.57. The van der Waals surface area contributed by atoms with Gasteiger partial charge in [-0.25, -0.2) is 9.97 Å². The van der Waals surface area contributed by atoms with Crippen LogP contribution in [0, 0.1) is 5.92 Å². The molecule has 0 amide bonds. The lowest BCUT2D eigenvalue weighted by Gasteiger charge is -2.41. The minimum Gasteiger partial charge on any atom is -0.390 e. The molecule has 31 heavy (non-hydrogen) atoms. The van der Waals surface area contributed by atoms with Crippen molar-refractivity contribution in [2.24, 2.45) is 5.92 Å². The summed E-state index contributed by atoms with van der Waals surface area (Å²) in [6, 6.07) is 16.6. The molecule has 1 aromatic carbocycles. The van der Waals surface area contributed by atoms with Gasteiger partial charge in [-0.05, 0) is 61.8 Å². The van der Waals surface area contributed by atoms with Crippen LogP contribution in [0.2, 0.25) is 0 Å². The van der Waals surface area contributed by atoms with Crippen molar-refractivity contribution in [3.63, 3.8) is 0 Å². The zero-order valence-electron chi connectivity index (χ0n) is 18.0. The zero-order chi connectivity index (χ0) is 21.3. The fourth-order valence-corrected chi connectivity index (χ4v) is 4.77. The summed E-state index contributed by atoms with van der Waals surface area (Å²) in [6.07, 6.45) is 5.46. The number of hydrogen-bond acceptors (Lipinski definition) is 6. The monoisotopic (exact) mass is 415 g/mol. The maximum absolute atomic E-state index is 10.0. The number of nitrogens with zero attached hydrogens (tertiary/aromatic N) is 4. The SMILES string of the molecule is C[C@]1(O)C[C@H](CNc2cc(N3CCc4ccccc4CC3)nc(-c3ccccn3)n2)C1. The van der Waals surface area contributed by atoms with Crippen LogP contribution in [-0.4, -0.2) is 45.3 Å². The van der Waals surface area contributed by atoms with Crippen molar-refractivity contribution >= 4 is 11.6 Å². The van der Waals surface area contributed by atoms with Crippen molar-refractivity contribution in [3.05, 3.63) is 65.9 Å². The highest BCUT2D eigenvalue weighted by Gasteiger charge is 2.37. The normalized spacial score (nSPS) is 22.9. The number of benzene rings is 1. The van der Waals surface area contributed by atoms with E-state index >= 15 is 0 Å². The molecule has 160 valence electrons. The Balaban J connectivity index is 1.39. The summed E-state index contributed by atoms with van der Waals surface area (Å²) < 4.78 is 0. The van der Waals surface area contributed by atoms with E-state index in [9.17, 15) is 5.11 Å². The fraction of sp³-hybridized carbons (Fsp3) is 0.400. The van der Waals surface area contributed by atoms with E-state index in [2.05, 4.69) is 45.5 Å². The predicted molar refractivity (Wildman–Crippen MR) is 123 cm³/mol. The molecule has 2 N–H and O–H groups in total. The standard InChI is InChI=1S/C25H29N5O/c1-25(31)15-18(16-25)17-27-22-14-23(29-24(28-22)21-8-4-5-11-26-21)30-12-9-19-6-2-3-7-20(19)10-13-30/h2-8,11,14,18,31H,9-10,12-13,15-17H2,1H3,(H,27,28,29)/t18-,25-. The molecule has 6 heteroatoms. The first kappa shape index (κ1) is 19.9. The number of hydrogen-bond donors (Lipinski definition) is 2. The summed E-state index contributed by atoms with van der Waals surface area (Å²) in [7, 11) is 0. The van der Waals surface area contributed by atoms with Gasteiger partial charge in [0.15, 0.2) is 5.82 Å². The van der Waals surface area contributed by atoms with Crippen molar-refractivity contribution in [1.82, 2.24) is 15.0 Å². The van der Waals surface area contributed by atoms with Crippen molar-refractivity contribution in [1.29, 1.82) is 0 Å². The molecular weight excluding hydrogens is 386 g/mol. The molecule has 0 spiro atoms. The topological polar surface area (TPSA) is 74.2 Å². The van der Waals surface area contributed by atoms with Crippen LogP contribution < -0.4 is 10.2 Å². The van der Waals surface area contributed by atoms with E-state index in [4.69, 9.17) is 9.97 Å². The number of rotatable bonds is 5. The molecule has 6 nitrogen and oxygen atoms in total. The van der Waals surface area contributed by atoms with E-state index in [0.29, 0.717) is 11.7 Å². The summed E-state index contributed by atoms with van der Waals surface area (Å²) in [5, 5.41) is 13.5. The Hall–Kier alpha value is -2.99. The highest BCUT2D eigenvalue weighted by Crippen LogP contribution is 2.37. The molecule has 1 aliphatic carbocycles. The van der Waals surface area contributed by atoms with E-state index in [1.807, 2.05) is 25.1 Å². The molecule has 1 fully saturated rings. The number of nitrogens with one attached hydrogen (secondary N) is 1. The third-order valence-electron chi connectivity index (χ3n) is 6.38. The van der Waals surface area contributed by atoms with E-state index in [-0.39, 0.29) is 0 Å². The highest BCUT2D eigenvalue weighted by molar-refractivity contribution is 5.59. The first-order valence-electron chi connectivity index (χ1n) is 11.1. The van der Waals surface area contributed by atoms with Gasteiger partial charge in [-0.3, -0.25) is 4.98 Å². The van der Waals surface area contributed by atoms with Gasteiger partial charge < -0.3 is 15.3 Å². The third kappa shape index (κ3) is 4.54. The Bertz CT molecular complexity index is 1020. The Morgan fingerprint density at radius 2 is 1.74 bits per heavy atom. The Kier molecular flexibility index (Phi) is 5.32. The summed E-state index contributed by atoms with van der Waals surface area (Å²) >= 11 is 0. The van der Waals surface area contributed by atoms with E-state index in [1.165, 1.54) is 11.1 Å². The van der Waals surface area contributed by atoms with Gasteiger partial charge in [-0.2, -0.15) is 0 Å². The van der Waals surface area contributed by atoms with Crippen LogP contribution in [-0.2, 0) is 12.8 Å². The van der Waals surface area contributed by atoms with Crippen LogP contribution in [0.5, 0.6) is 0 Å². The summed E-state index contributed by atoms with van der Waals surface area (Å²) in [5.74, 6) is 2.87. The largest absolute Gasteiger partial charge is 0.390 e. The summed E-state index contributed by atoms with van der Waals surface area (Å²) in [4.78, 5) is 16.5. The lowest BCUT2D eigenvalue weighted by atomic mass is 9.72. The molecule has 2 aromatic heterocycles. The molecule has 3 heterocycles. The smallest absolute Gasteiger partial charge is 0.182 e. The van der Waals surface area contributed by atoms with Crippen LogP contribution in [0.3, 0.4) is 0 Å². The lowest BCUT2D eigenvalue weighted by molar-refractivity contribution is -0.0523. The quantitative estimate of drug-likeness (QED) is 0.662. The number of aliphatic hydroxyl groups is 1. The van der Waals surface area contributed by atoms with Crippen LogP contribution >= 0.6 is 0 Å². The van der Waals surface area contributed by atoms with Crippen molar-refractivity contribution in [2.75, 3.05) is 29.9 Å². The van der Waals surface area contributed by atoms with Crippen LogP contribution in [0.15, 0.2) is 54.7 Å². The first-order valence-corrected chi connectivity index (χ1v) is 11.1. The average molecular weight is 416 g/mol. The Morgan fingerprint density at radius 1 is 1.03 bits per heavy atom. The minimum absolute atomic E-state index is 0.472. The molecular formula is C25H29N5O. The molecule has 0 bridgehead atoms. The number of pyridine rings is 1. The van der Waals surface area contributed by atoms with E-state index < -0.39 is 5.60 Å². The molecule has 0 radical (unpaired) electrons. The molecule has 0 atom stereocenters. The summed E-state index contributed by atoms with van der Waals surface area (Å²) in [5.41, 5.74) is 3.12. The van der Waals surface area contributed by atoms with Crippen LogP contribution in [0.1, 0.15) is 30.9 Å². The van der Waals surface area contributed by atoms with Gasteiger partial charge in [0.2, 0.25) is 0 Å². The zero-order valence-corrected chi connectivity index (χ0v) is 18.0. The molecule has 0 unspecified atom stereocenters. The maximum Gasteiger partial charge on any atom is 0.182 e. The van der Waals surface area contributed by atoms with Gasteiger partial charge >= 0.3 is 0 Å². The Morgan fingerprint density at radius 3 is 2.39 bits per heavy atom. The maximum atomic E-state index is 10.0. The number of anilines is 2. The van der Waals surface area contributed by atoms with Gasteiger partial charge in [-0.15, -0.1) is 0 Å².